The minimum absolute atomic E-state index is 0.747. The quantitative estimate of drug-likeness (QED) is 0.521. The van der Waals surface area contributed by atoms with Crippen LogP contribution in [0.5, 0.6) is 0 Å². The maximum Gasteiger partial charge on any atom is -0.0206 e. The molecule has 0 aliphatic rings. The van der Waals surface area contributed by atoms with Gasteiger partial charge in [-0.2, -0.15) is 0 Å². The van der Waals surface area contributed by atoms with E-state index < -0.39 is 0 Å². The molecule has 0 aromatic heterocycles. The van der Waals surface area contributed by atoms with Crippen molar-refractivity contribution in [1.82, 2.24) is 0 Å². The Bertz CT molecular complexity index is 165. The Hall–Kier alpha value is -0.260. The van der Waals surface area contributed by atoms with Crippen molar-refractivity contribution in [2.75, 3.05) is 0 Å². The van der Waals surface area contributed by atoms with Gasteiger partial charge >= 0.3 is 0 Å². The Balaban J connectivity index is 4.54. The van der Waals surface area contributed by atoms with Gasteiger partial charge in [-0.1, -0.05) is 59.6 Å². The normalized spacial score (nSPS) is 17.2. The standard InChI is InChI=1S/C14H28/c1-7-9-10-14(12(5)8-2)13(6)11(3)4/h10-13H,7-9H2,1-6H3. The Morgan fingerprint density at radius 1 is 1.07 bits per heavy atom. The van der Waals surface area contributed by atoms with Crippen molar-refractivity contribution in [3.05, 3.63) is 11.6 Å². The molecule has 0 aliphatic heterocycles. The average Bonchev–Trinajstić information content (AvgIpc) is 2.17. The third kappa shape index (κ3) is 4.30. The van der Waals surface area contributed by atoms with Gasteiger partial charge in [-0.25, -0.2) is 0 Å². The largest absolute Gasteiger partial charge is 0.0848 e. The first kappa shape index (κ1) is 13.7. The summed E-state index contributed by atoms with van der Waals surface area (Å²) >= 11 is 0. The van der Waals surface area contributed by atoms with Crippen molar-refractivity contribution in [3.63, 3.8) is 0 Å². The first-order chi connectivity index (χ1) is 6.54. The summed E-state index contributed by atoms with van der Waals surface area (Å²) in [6.45, 7) is 13.9. The molecular weight excluding hydrogens is 168 g/mol. The second kappa shape index (κ2) is 7.09. The van der Waals surface area contributed by atoms with Gasteiger partial charge in [0.2, 0.25) is 0 Å². The van der Waals surface area contributed by atoms with Crippen molar-refractivity contribution in [1.29, 1.82) is 0 Å². The molecule has 0 nitrogen and oxygen atoms in total. The molecule has 0 bridgehead atoms. The lowest BCUT2D eigenvalue weighted by molar-refractivity contribution is 0.428. The van der Waals surface area contributed by atoms with Crippen LogP contribution >= 0.6 is 0 Å². The second-order valence-electron chi connectivity index (χ2n) is 4.83. The number of unbranched alkanes of at least 4 members (excludes halogenated alkanes) is 1. The van der Waals surface area contributed by atoms with Crippen molar-refractivity contribution < 1.29 is 0 Å². The fourth-order valence-electron chi connectivity index (χ4n) is 1.77. The minimum atomic E-state index is 0.747. The first-order valence-electron chi connectivity index (χ1n) is 6.24. The highest BCUT2D eigenvalue weighted by molar-refractivity contribution is 5.10. The Morgan fingerprint density at radius 3 is 2.00 bits per heavy atom. The summed E-state index contributed by atoms with van der Waals surface area (Å²) < 4.78 is 0. The Morgan fingerprint density at radius 2 is 1.64 bits per heavy atom. The lowest BCUT2D eigenvalue weighted by Gasteiger charge is -2.24. The predicted molar refractivity (Wildman–Crippen MR) is 66.4 cm³/mol. The lowest BCUT2D eigenvalue weighted by atomic mass is 9.81. The van der Waals surface area contributed by atoms with Gasteiger partial charge < -0.3 is 0 Å². The number of allylic oxidation sites excluding steroid dienone is 2. The van der Waals surface area contributed by atoms with E-state index in [1.165, 1.54) is 19.3 Å². The van der Waals surface area contributed by atoms with Crippen LogP contribution in [0.2, 0.25) is 0 Å². The third-order valence-corrected chi connectivity index (χ3v) is 3.38. The van der Waals surface area contributed by atoms with E-state index in [0.717, 1.165) is 17.8 Å². The van der Waals surface area contributed by atoms with Crippen LogP contribution < -0.4 is 0 Å². The van der Waals surface area contributed by atoms with Crippen molar-refractivity contribution in [2.45, 2.75) is 60.8 Å². The van der Waals surface area contributed by atoms with Crippen molar-refractivity contribution in [2.24, 2.45) is 17.8 Å². The molecule has 0 spiro atoms. The zero-order chi connectivity index (χ0) is 11.1. The maximum absolute atomic E-state index is 2.48. The first-order valence-corrected chi connectivity index (χ1v) is 6.24. The van der Waals surface area contributed by atoms with E-state index in [9.17, 15) is 0 Å². The Labute approximate surface area is 90.8 Å². The fourth-order valence-corrected chi connectivity index (χ4v) is 1.77. The topological polar surface area (TPSA) is 0 Å². The van der Waals surface area contributed by atoms with E-state index in [4.69, 9.17) is 0 Å². The summed E-state index contributed by atoms with van der Waals surface area (Å²) in [5, 5.41) is 0. The van der Waals surface area contributed by atoms with Gasteiger partial charge in [-0.05, 0) is 30.6 Å². The van der Waals surface area contributed by atoms with Crippen LogP contribution in [0, 0.1) is 17.8 Å². The average molecular weight is 196 g/mol. The van der Waals surface area contributed by atoms with Gasteiger partial charge in [-0.15, -0.1) is 0 Å². The number of hydrogen-bond acceptors (Lipinski definition) is 0. The molecule has 0 heterocycles. The molecule has 84 valence electrons. The molecule has 0 saturated heterocycles. The summed E-state index contributed by atoms with van der Waals surface area (Å²) in [4.78, 5) is 0. The van der Waals surface area contributed by atoms with Crippen LogP contribution in [0.25, 0.3) is 0 Å². The molecule has 0 aromatic carbocycles. The number of rotatable bonds is 6. The van der Waals surface area contributed by atoms with Crippen LogP contribution in [0.4, 0.5) is 0 Å². The molecule has 0 aromatic rings. The Kier molecular flexibility index (Phi) is 6.96. The summed E-state index contributed by atoms with van der Waals surface area (Å²) in [6, 6.07) is 0. The van der Waals surface area contributed by atoms with E-state index in [0.29, 0.717) is 0 Å². The summed E-state index contributed by atoms with van der Waals surface area (Å²) in [5.74, 6) is 2.28. The summed E-state index contributed by atoms with van der Waals surface area (Å²) in [6.07, 6.45) is 6.27. The summed E-state index contributed by atoms with van der Waals surface area (Å²) in [7, 11) is 0. The molecule has 0 saturated carbocycles. The highest BCUT2D eigenvalue weighted by Crippen LogP contribution is 2.28. The van der Waals surface area contributed by atoms with E-state index in [2.05, 4.69) is 47.6 Å². The monoisotopic (exact) mass is 196 g/mol. The molecular formula is C14H28. The zero-order valence-electron chi connectivity index (χ0n) is 10.9. The SMILES string of the molecule is CCCC=C(C(C)CC)C(C)C(C)C. The minimum Gasteiger partial charge on any atom is -0.0848 e. The predicted octanol–water partition coefficient (Wildman–Crippen LogP) is 5.05. The van der Waals surface area contributed by atoms with Crippen LogP contribution in [-0.2, 0) is 0 Å². The van der Waals surface area contributed by atoms with E-state index >= 15 is 0 Å². The van der Waals surface area contributed by atoms with Crippen molar-refractivity contribution >= 4 is 0 Å². The van der Waals surface area contributed by atoms with E-state index in [1.54, 1.807) is 5.57 Å². The highest BCUT2D eigenvalue weighted by Gasteiger charge is 2.16. The van der Waals surface area contributed by atoms with Crippen LogP contribution in [0.1, 0.15) is 60.8 Å². The van der Waals surface area contributed by atoms with Crippen LogP contribution in [0.3, 0.4) is 0 Å². The molecule has 0 aliphatic carbocycles. The zero-order valence-corrected chi connectivity index (χ0v) is 10.9. The van der Waals surface area contributed by atoms with Gasteiger partial charge in [0, 0.05) is 0 Å². The fraction of sp³-hybridized carbons (Fsp3) is 0.857. The van der Waals surface area contributed by atoms with Crippen molar-refractivity contribution in [3.8, 4) is 0 Å². The molecule has 2 atom stereocenters. The smallest absolute Gasteiger partial charge is 0.0206 e. The maximum atomic E-state index is 2.48. The molecule has 0 rings (SSSR count). The van der Waals surface area contributed by atoms with Gasteiger partial charge in [0.15, 0.2) is 0 Å². The molecule has 0 radical (unpaired) electrons. The molecule has 0 amide bonds. The van der Waals surface area contributed by atoms with E-state index in [-0.39, 0.29) is 0 Å². The van der Waals surface area contributed by atoms with Gasteiger partial charge in [0.05, 0.1) is 0 Å². The van der Waals surface area contributed by atoms with Gasteiger partial charge in [-0.3, -0.25) is 0 Å². The van der Waals surface area contributed by atoms with Gasteiger partial charge in [0.1, 0.15) is 0 Å². The molecule has 0 N–H and O–H groups in total. The van der Waals surface area contributed by atoms with Crippen LogP contribution in [-0.4, -0.2) is 0 Å². The van der Waals surface area contributed by atoms with Gasteiger partial charge in [0.25, 0.3) is 0 Å². The van der Waals surface area contributed by atoms with E-state index in [1.807, 2.05) is 0 Å². The second-order valence-corrected chi connectivity index (χ2v) is 4.83. The molecule has 0 fully saturated rings. The highest BCUT2D eigenvalue weighted by atomic mass is 14.2. The molecule has 14 heavy (non-hydrogen) atoms. The third-order valence-electron chi connectivity index (χ3n) is 3.38. The lowest BCUT2D eigenvalue weighted by Crippen LogP contribution is -2.13. The molecule has 0 heteroatoms. The molecule has 2 unspecified atom stereocenters. The van der Waals surface area contributed by atoms with Crippen LogP contribution in [0.15, 0.2) is 11.6 Å². The number of hydrogen-bond donors (Lipinski definition) is 0. The summed E-state index contributed by atoms with van der Waals surface area (Å²) in [5.41, 5.74) is 1.68.